The van der Waals surface area contributed by atoms with E-state index in [2.05, 4.69) is 18.7 Å². The van der Waals surface area contributed by atoms with Gasteiger partial charge < -0.3 is 14.7 Å². The van der Waals surface area contributed by atoms with E-state index in [-0.39, 0.29) is 11.4 Å². The number of methoxy groups -OCH3 is 1. The van der Waals surface area contributed by atoms with Crippen molar-refractivity contribution in [2.24, 2.45) is 0 Å². The van der Waals surface area contributed by atoms with E-state index in [1.165, 1.54) is 11.4 Å². The van der Waals surface area contributed by atoms with Gasteiger partial charge in [0, 0.05) is 6.54 Å². The molecule has 2 aromatic carbocycles. The highest BCUT2D eigenvalue weighted by Gasteiger charge is 2.29. The zero-order valence-electron chi connectivity index (χ0n) is 18.9. The molecule has 0 saturated carbocycles. The molecular formula is C24H36N2O4S. The molecule has 0 bridgehead atoms. The molecule has 0 saturated heterocycles. The van der Waals surface area contributed by atoms with E-state index in [0.717, 1.165) is 38.8 Å². The Labute approximate surface area is 187 Å². The van der Waals surface area contributed by atoms with E-state index in [1.807, 2.05) is 0 Å². The molecular weight excluding hydrogens is 412 g/mol. The second kappa shape index (κ2) is 12.7. The van der Waals surface area contributed by atoms with Crippen molar-refractivity contribution in [3.8, 4) is 5.75 Å². The zero-order chi connectivity index (χ0) is 22.7. The maximum atomic E-state index is 13.5. The molecule has 0 aliphatic rings. The van der Waals surface area contributed by atoms with E-state index < -0.39 is 16.1 Å². The van der Waals surface area contributed by atoms with E-state index >= 15 is 0 Å². The Bertz CT molecular complexity index is 866. The summed E-state index contributed by atoms with van der Waals surface area (Å²) >= 11 is 0. The molecule has 31 heavy (non-hydrogen) atoms. The maximum Gasteiger partial charge on any atom is 0.264 e. The lowest BCUT2D eigenvalue weighted by atomic mass is 10.2. The molecule has 0 spiro atoms. The highest BCUT2D eigenvalue weighted by molar-refractivity contribution is 7.92. The number of ether oxygens (including phenoxy) is 1. The fourth-order valence-corrected chi connectivity index (χ4v) is 5.02. The molecule has 172 valence electrons. The van der Waals surface area contributed by atoms with Gasteiger partial charge in [-0.25, -0.2) is 8.42 Å². The normalized spacial score (nSPS) is 12.7. The number of para-hydroxylation sites is 2. The van der Waals surface area contributed by atoms with Crippen LogP contribution in [0.25, 0.3) is 0 Å². The average Bonchev–Trinajstić information content (AvgIpc) is 2.79. The molecule has 0 aliphatic carbocycles. The smallest absolute Gasteiger partial charge is 0.264 e. The number of sulfonamides is 1. The van der Waals surface area contributed by atoms with Crippen LogP contribution in [0.2, 0.25) is 0 Å². The lowest BCUT2D eigenvalue weighted by molar-refractivity contribution is 0.117. The van der Waals surface area contributed by atoms with Crippen LogP contribution in [0.5, 0.6) is 5.75 Å². The molecule has 0 heterocycles. The summed E-state index contributed by atoms with van der Waals surface area (Å²) in [5.74, 6) is 0.447. The topological polar surface area (TPSA) is 70.1 Å². The number of rotatable bonds is 14. The summed E-state index contributed by atoms with van der Waals surface area (Å²) in [5, 5.41) is 10.9. The number of benzene rings is 2. The SMILES string of the molecule is CCCCN(CCCC)C[C@@H](O)CN(c1ccccc1OC)S(=O)(=O)c1ccccc1. The Hall–Kier alpha value is -2.09. The van der Waals surface area contributed by atoms with Crippen LogP contribution in [0.15, 0.2) is 59.5 Å². The van der Waals surface area contributed by atoms with Gasteiger partial charge in [0.15, 0.2) is 0 Å². The standard InChI is InChI=1S/C24H36N2O4S/c1-4-6-17-25(18-7-5-2)19-21(27)20-26(23-15-11-12-16-24(23)30-3)31(28,29)22-13-9-8-10-14-22/h8-16,21,27H,4-7,17-20H2,1-3H3/t21-/m1/s1. The molecule has 7 heteroatoms. The molecule has 2 aromatic rings. The lowest BCUT2D eigenvalue weighted by Gasteiger charge is -2.30. The van der Waals surface area contributed by atoms with Gasteiger partial charge >= 0.3 is 0 Å². The van der Waals surface area contributed by atoms with Gasteiger partial charge in [-0.3, -0.25) is 4.31 Å². The van der Waals surface area contributed by atoms with E-state index in [9.17, 15) is 13.5 Å². The van der Waals surface area contributed by atoms with Crippen LogP contribution in [0.3, 0.4) is 0 Å². The first-order chi connectivity index (χ1) is 14.9. The van der Waals surface area contributed by atoms with Gasteiger partial charge in [0.05, 0.1) is 30.3 Å². The summed E-state index contributed by atoms with van der Waals surface area (Å²) in [7, 11) is -2.36. The van der Waals surface area contributed by atoms with Gasteiger partial charge in [-0.1, -0.05) is 57.0 Å². The van der Waals surface area contributed by atoms with E-state index in [1.54, 1.807) is 54.6 Å². The predicted molar refractivity (Wildman–Crippen MR) is 126 cm³/mol. The monoisotopic (exact) mass is 448 g/mol. The van der Waals surface area contributed by atoms with Gasteiger partial charge in [-0.2, -0.15) is 0 Å². The van der Waals surface area contributed by atoms with Crippen molar-refractivity contribution in [3.63, 3.8) is 0 Å². The minimum Gasteiger partial charge on any atom is -0.495 e. The van der Waals surface area contributed by atoms with Crippen LogP contribution < -0.4 is 9.04 Å². The van der Waals surface area contributed by atoms with Crippen molar-refractivity contribution in [1.82, 2.24) is 4.90 Å². The molecule has 0 aliphatic heterocycles. The highest BCUT2D eigenvalue weighted by Crippen LogP contribution is 2.32. The van der Waals surface area contributed by atoms with Crippen LogP contribution in [-0.4, -0.2) is 57.8 Å². The Morgan fingerprint density at radius 1 is 0.903 bits per heavy atom. The average molecular weight is 449 g/mol. The summed E-state index contributed by atoms with van der Waals surface area (Å²) in [6.45, 7) is 6.46. The second-order valence-electron chi connectivity index (χ2n) is 7.68. The van der Waals surface area contributed by atoms with Gasteiger partial charge in [0.1, 0.15) is 5.75 Å². The summed E-state index contributed by atoms with van der Waals surface area (Å²) in [6.07, 6.45) is 3.42. The molecule has 0 fully saturated rings. The quantitative estimate of drug-likeness (QED) is 0.470. The van der Waals surface area contributed by atoms with Crippen molar-refractivity contribution in [2.75, 3.05) is 37.6 Å². The summed E-state index contributed by atoms with van der Waals surface area (Å²) in [5.41, 5.74) is 0.418. The van der Waals surface area contributed by atoms with Crippen molar-refractivity contribution >= 4 is 15.7 Å². The summed E-state index contributed by atoms with van der Waals surface area (Å²) in [6, 6.07) is 15.3. The van der Waals surface area contributed by atoms with Crippen molar-refractivity contribution in [1.29, 1.82) is 0 Å². The van der Waals surface area contributed by atoms with Gasteiger partial charge in [0.2, 0.25) is 0 Å². The Morgan fingerprint density at radius 2 is 1.48 bits per heavy atom. The number of hydrogen-bond acceptors (Lipinski definition) is 5. The lowest BCUT2D eigenvalue weighted by Crippen LogP contribution is -2.43. The Morgan fingerprint density at radius 3 is 2.06 bits per heavy atom. The molecule has 1 N–H and O–H groups in total. The third-order valence-corrected chi connectivity index (χ3v) is 6.98. The van der Waals surface area contributed by atoms with Crippen molar-refractivity contribution < 1.29 is 18.3 Å². The second-order valence-corrected chi connectivity index (χ2v) is 9.54. The third-order valence-electron chi connectivity index (χ3n) is 5.19. The molecule has 0 radical (unpaired) electrons. The van der Waals surface area contributed by atoms with Crippen molar-refractivity contribution in [2.45, 2.75) is 50.5 Å². The molecule has 1 atom stereocenters. The largest absolute Gasteiger partial charge is 0.495 e. The van der Waals surface area contributed by atoms with Crippen LogP contribution in [0, 0.1) is 0 Å². The van der Waals surface area contributed by atoms with E-state index in [4.69, 9.17) is 4.74 Å². The third kappa shape index (κ3) is 7.23. The molecule has 0 aromatic heterocycles. The first-order valence-corrected chi connectivity index (χ1v) is 12.5. The molecule has 0 unspecified atom stereocenters. The maximum absolute atomic E-state index is 13.5. The van der Waals surface area contributed by atoms with Crippen LogP contribution in [0.1, 0.15) is 39.5 Å². The Kier molecular flexibility index (Phi) is 10.3. The Balaban J connectivity index is 2.32. The number of aliphatic hydroxyl groups is 1. The number of anilines is 1. The summed E-state index contributed by atoms with van der Waals surface area (Å²) < 4.78 is 33.7. The van der Waals surface area contributed by atoms with Crippen molar-refractivity contribution in [3.05, 3.63) is 54.6 Å². The number of unbranched alkanes of at least 4 members (excludes halogenated alkanes) is 2. The van der Waals surface area contributed by atoms with Crippen LogP contribution in [0.4, 0.5) is 5.69 Å². The number of aliphatic hydroxyl groups excluding tert-OH is 1. The number of hydrogen-bond donors (Lipinski definition) is 1. The minimum atomic E-state index is -3.88. The first kappa shape index (κ1) is 25.2. The van der Waals surface area contributed by atoms with Crippen LogP contribution in [-0.2, 0) is 10.0 Å². The van der Waals surface area contributed by atoms with Gasteiger partial charge in [-0.05, 0) is 50.2 Å². The van der Waals surface area contributed by atoms with Crippen LogP contribution >= 0.6 is 0 Å². The first-order valence-electron chi connectivity index (χ1n) is 11.0. The predicted octanol–water partition coefficient (Wildman–Crippen LogP) is 4.15. The molecule has 0 amide bonds. The number of nitrogens with zero attached hydrogens (tertiary/aromatic N) is 2. The molecule has 2 rings (SSSR count). The van der Waals surface area contributed by atoms with Gasteiger partial charge in [-0.15, -0.1) is 0 Å². The highest BCUT2D eigenvalue weighted by atomic mass is 32.2. The zero-order valence-corrected chi connectivity index (χ0v) is 19.7. The van der Waals surface area contributed by atoms with E-state index in [0.29, 0.717) is 18.0 Å². The fourth-order valence-electron chi connectivity index (χ4n) is 3.49. The summed E-state index contributed by atoms with van der Waals surface area (Å²) in [4.78, 5) is 2.41. The van der Waals surface area contributed by atoms with Gasteiger partial charge in [0.25, 0.3) is 10.0 Å². The fraction of sp³-hybridized carbons (Fsp3) is 0.500. The minimum absolute atomic E-state index is 0.0493. The molecule has 6 nitrogen and oxygen atoms in total.